The summed E-state index contributed by atoms with van der Waals surface area (Å²) in [5, 5.41) is 9.25. The number of halogens is 1. The molecule has 1 aliphatic rings. The van der Waals surface area contributed by atoms with Crippen molar-refractivity contribution in [3.8, 4) is 10.8 Å². The van der Waals surface area contributed by atoms with E-state index in [9.17, 15) is 18.8 Å². The van der Waals surface area contributed by atoms with E-state index in [1.165, 1.54) is 40.0 Å². The minimum Gasteiger partial charge on any atom is -0.425 e. The lowest BCUT2D eigenvalue weighted by Crippen LogP contribution is -2.53. The Balaban J connectivity index is 1.76. The number of benzene rings is 1. The highest BCUT2D eigenvalue weighted by atomic mass is 32.1. The van der Waals surface area contributed by atoms with Crippen molar-refractivity contribution < 1.29 is 23.4 Å². The summed E-state index contributed by atoms with van der Waals surface area (Å²) in [7, 11) is 0. The van der Waals surface area contributed by atoms with E-state index >= 15 is 0 Å². The average Bonchev–Trinajstić information content (AvgIpc) is 3.66. The molecule has 0 unspecified atom stereocenters. The first-order valence-corrected chi connectivity index (χ1v) is 15.9. The Kier molecular flexibility index (Phi) is 9.85. The number of fused-ring (bicyclic) bond motifs is 1. The largest absolute Gasteiger partial charge is 0.425 e. The van der Waals surface area contributed by atoms with Crippen molar-refractivity contribution >= 4 is 27.3 Å². The van der Waals surface area contributed by atoms with Gasteiger partial charge in [0.15, 0.2) is 5.78 Å². The van der Waals surface area contributed by atoms with Crippen molar-refractivity contribution in [1.82, 2.24) is 24.1 Å². The summed E-state index contributed by atoms with van der Waals surface area (Å²) in [5.74, 6) is -0.562. The summed E-state index contributed by atoms with van der Waals surface area (Å²) in [6.07, 6.45) is 3.14. The zero-order valence-electron chi connectivity index (χ0n) is 26.5. The van der Waals surface area contributed by atoms with Gasteiger partial charge in [-0.1, -0.05) is 25.2 Å². The van der Waals surface area contributed by atoms with Gasteiger partial charge in [0.25, 0.3) is 5.56 Å². The van der Waals surface area contributed by atoms with Crippen LogP contribution in [0.4, 0.5) is 4.39 Å². The van der Waals surface area contributed by atoms with Crippen LogP contribution in [0.25, 0.3) is 20.1 Å². The normalized spacial score (nSPS) is 14.9. The number of nitrogens with zero attached hydrogens (tertiary/aromatic N) is 6. The Morgan fingerprint density at radius 2 is 1.91 bits per heavy atom. The molecule has 0 amide bonds. The minimum absolute atomic E-state index is 0.00733. The second-order valence-electron chi connectivity index (χ2n) is 12.2. The molecule has 5 rings (SSSR count). The van der Waals surface area contributed by atoms with Crippen molar-refractivity contribution in [3.05, 3.63) is 79.8 Å². The van der Waals surface area contributed by atoms with Gasteiger partial charge in [0.05, 0.1) is 30.4 Å². The fourth-order valence-corrected chi connectivity index (χ4v) is 6.89. The molecule has 0 saturated carbocycles. The van der Waals surface area contributed by atoms with Gasteiger partial charge in [-0.25, -0.2) is 20.3 Å². The van der Waals surface area contributed by atoms with E-state index in [0.717, 1.165) is 15.9 Å². The quantitative estimate of drug-likeness (QED) is 0.200. The van der Waals surface area contributed by atoms with E-state index in [1.54, 1.807) is 20.8 Å². The Labute approximate surface area is 269 Å². The van der Waals surface area contributed by atoms with Crippen molar-refractivity contribution in [1.29, 1.82) is 0 Å². The topological polar surface area (TPSA) is 124 Å². The van der Waals surface area contributed by atoms with Crippen molar-refractivity contribution in [3.63, 3.8) is 0 Å². The smallest absolute Gasteiger partial charge is 0.357 e. The number of hydrogen-bond acceptors (Lipinski definition) is 9. The number of ether oxygens (including phenoxy) is 3. The van der Waals surface area contributed by atoms with Gasteiger partial charge in [0.1, 0.15) is 33.0 Å². The number of rotatable bonds is 12. The number of hydrogen-bond donors (Lipinski definition) is 0. The third-order valence-corrected chi connectivity index (χ3v) is 9.38. The first-order valence-electron chi connectivity index (χ1n) is 15.1. The fraction of sp³-hybridized carbons (Fsp3) is 0.500. The van der Waals surface area contributed by atoms with Gasteiger partial charge in [-0.05, 0) is 57.7 Å². The van der Waals surface area contributed by atoms with E-state index in [-0.39, 0.29) is 48.6 Å². The number of aromatic nitrogens is 5. The number of carbonyl (C=O) groups excluding carboxylic acids is 1. The van der Waals surface area contributed by atoms with Gasteiger partial charge in [-0.15, -0.1) is 4.80 Å². The lowest BCUT2D eigenvalue weighted by molar-refractivity contribution is -0.127. The number of Topliss-reactive ketones (excluding diaryl/α,β-unsaturated/α-hetero) is 1. The molecule has 1 aromatic carbocycles. The van der Waals surface area contributed by atoms with Gasteiger partial charge >= 0.3 is 12.4 Å². The maximum Gasteiger partial charge on any atom is 0.357 e. The molecule has 0 aliphatic carbocycles. The monoisotopic (exact) mass is 652 g/mol. The molecule has 4 aromatic rings. The second kappa shape index (κ2) is 13.7. The SMILES string of the molecule is [C-]#[N+]COc1ccc(F)cc1[C@H](Cn1c(=O)n(C(C)(C)C(=O)CC(C)C)c(=O)c2c(C)c(-n3nccn3)sc21)OC1CCOCC1. The molecule has 0 radical (unpaired) electrons. The molecule has 0 spiro atoms. The van der Waals surface area contributed by atoms with Crippen LogP contribution in [-0.4, -0.2) is 56.0 Å². The Hall–Kier alpha value is -4.19. The first-order chi connectivity index (χ1) is 21.9. The highest BCUT2D eigenvalue weighted by Gasteiger charge is 2.36. The van der Waals surface area contributed by atoms with Crippen LogP contribution < -0.4 is 16.0 Å². The zero-order chi connectivity index (χ0) is 33.2. The third-order valence-electron chi connectivity index (χ3n) is 8.10. The molecule has 14 heteroatoms. The summed E-state index contributed by atoms with van der Waals surface area (Å²) >= 11 is 1.16. The molecular formula is C32H37FN6O6S. The third kappa shape index (κ3) is 6.53. The minimum atomic E-state index is -1.48. The summed E-state index contributed by atoms with van der Waals surface area (Å²) in [6, 6.07) is 3.93. The van der Waals surface area contributed by atoms with E-state index in [2.05, 4.69) is 15.0 Å². The molecule has 1 aliphatic heterocycles. The first kappa shape index (κ1) is 33.2. The highest BCUT2D eigenvalue weighted by Crippen LogP contribution is 2.36. The maximum atomic E-state index is 14.8. The second-order valence-corrected chi connectivity index (χ2v) is 13.2. The molecule has 3 aromatic heterocycles. The summed E-state index contributed by atoms with van der Waals surface area (Å²) in [6.45, 7) is 16.4. The van der Waals surface area contributed by atoms with Crippen molar-refractivity contribution in [2.24, 2.45) is 5.92 Å². The van der Waals surface area contributed by atoms with E-state index in [4.69, 9.17) is 20.8 Å². The van der Waals surface area contributed by atoms with E-state index < -0.39 is 28.7 Å². The van der Waals surface area contributed by atoms with Crippen LogP contribution >= 0.6 is 11.3 Å². The van der Waals surface area contributed by atoms with Crippen LogP contribution in [0.1, 0.15) is 64.2 Å². The summed E-state index contributed by atoms with van der Waals surface area (Å²) in [4.78, 5) is 47.3. The Morgan fingerprint density at radius 1 is 1.22 bits per heavy atom. The molecule has 46 heavy (non-hydrogen) atoms. The maximum absolute atomic E-state index is 14.8. The lowest BCUT2D eigenvalue weighted by Gasteiger charge is -2.30. The zero-order valence-corrected chi connectivity index (χ0v) is 27.3. The number of thiophene rings is 1. The Morgan fingerprint density at radius 3 is 2.57 bits per heavy atom. The van der Waals surface area contributed by atoms with E-state index in [1.807, 2.05) is 13.8 Å². The molecule has 1 fully saturated rings. The standard InChI is InChI=1S/C32H37FN6O6S/c1-19(2)15-26(40)32(4,5)38-28(41)27-20(3)29(39-35-11-12-36-39)46-30(27)37(31(38)42)17-25(45-22-9-13-43-14-10-22)23-16-21(33)7-8-24(23)44-18-34-6/h7-8,11-12,16,19,22,25H,9-10,13-15,17-18H2,1-5H3/t25-/m0/s1. The number of aryl methyl sites for hydroxylation is 1. The Bertz CT molecular complexity index is 1880. The molecule has 0 N–H and O–H groups in total. The van der Waals surface area contributed by atoms with Gasteiger partial charge in [-0.2, -0.15) is 10.2 Å². The highest BCUT2D eigenvalue weighted by molar-refractivity contribution is 7.21. The van der Waals surface area contributed by atoms with Crippen molar-refractivity contribution in [2.75, 3.05) is 19.9 Å². The van der Waals surface area contributed by atoms with Gasteiger partial charge in [-0.3, -0.25) is 19.0 Å². The molecule has 244 valence electrons. The number of ketones is 1. The molecule has 1 atom stereocenters. The van der Waals surface area contributed by atoms with Crippen LogP contribution in [0.3, 0.4) is 0 Å². The molecule has 12 nitrogen and oxygen atoms in total. The van der Waals surface area contributed by atoms with Gasteiger partial charge in [0.2, 0.25) is 0 Å². The van der Waals surface area contributed by atoms with Gasteiger partial charge < -0.3 is 14.2 Å². The van der Waals surface area contributed by atoms with Crippen LogP contribution in [0.2, 0.25) is 0 Å². The molecule has 4 heterocycles. The van der Waals surface area contributed by atoms with Crippen LogP contribution in [0.5, 0.6) is 5.75 Å². The molecule has 0 bridgehead atoms. The van der Waals surface area contributed by atoms with E-state index in [0.29, 0.717) is 47.0 Å². The van der Waals surface area contributed by atoms with Crippen LogP contribution in [-0.2, 0) is 26.4 Å². The molecule has 1 saturated heterocycles. The van der Waals surface area contributed by atoms with Crippen LogP contribution in [0, 0.1) is 25.2 Å². The lowest BCUT2D eigenvalue weighted by atomic mass is 9.91. The van der Waals surface area contributed by atoms with Gasteiger partial charge in [0, 0.05) is 30.8 Å². The van der Waals surface area contributed by atoms with Crippen molar-refractivity contribution in [2.45, 2.75) is 78.2 Å². The number of carbonyl (C=O) groups is 1. The molecular weight excluding hydrogens is 615 g/mol. The average molecular weight is 653 g/mol. The summed E-state index contributed by atoms with van der Waals surface area (Å²) in [5.41, 5.74) is -1.93. The predicted octanol–water partition coefficient (Wildman–Crippen LogP) is 4.80. The van der Waals surface area contributed by atoms with Crippen LogP contribution in [0.15, 0.2) is 40.2 Å². The fourth-order valence-electron chi connectivity index (χ4n) is 5.67. The predicted molar refractivity (Wildman–Crippen MR) is 170 cm³/mol. The summed E-state index contributed by atoms with van der Waals surface area (Å²) < 4.78 is 35.0.